The fraction of sp³-hybridized carbons (Fsp3) is 0.875. The minimum absolute atomic E-state index is 0.256. The van der Waals surface area contributed by atoms with Gasteiger partial charge in [0.15, 0.2) is 6.17 Å². The minimum Gasteiger partial charge on any atom is -0.354 e. The fourth-order valence-corrected chi connectivity index (χ4v) is 0.470. The zero-order valence-corrected chi connectivity index (χ0v) is 7.78. The summed E-state index contributed by atoms with van der Waals surface area (Å²) in [4.78, 5) is 10.5. The Balaban J connectivity index is 0. The molecule has 1 unspecified atom stereocenters. The van der Waals surface area contributed by atoms with Gasteiger partial charge in [0.1, 0.15) is 0 Å². The van der Waals surface area contributed by atoms with E-state index in [2.05, 4.69) is 5.32 Å². The van der Waals surface area contributed by atoms with E-state index >= 15 is 0 Å². The molecule has 0 aliphatic rings. The molecule has 0 aliphatic heterocycles. The Hall–Kier alpha value is -0.600. The van der Waals surface area contributed by atoms with Crippen LogP contribution in [-0.2, 0) is 4.79 Å². The molecule has 1 amide bonds. The van der Waals surface area contributed by atoms with Crippen molar-refractivity contribution >= 4 is 5.91 Å². The van der Waals surface area contributed by atoms with Crippen LogP contribution in [0.1, 0.15) is 34.1 Å². The first kappa shape index (κ1) is 13.0. The van der Waals surface area contributed by atoms with Crippen molar-refractivity contribution < 1.29 is 9.18 Å². The zero-order chi connectivity index (χ0) is 9.28. The van der Waals surface area contributed by atoms with Crippen molar-refractivity contribution in [1.82, 2.24) is 5.32 Å². The molecule has 11 heavy (non-hydrogen) atoms. The maximum absolute atomic E-state index is 12.3. The van der Waals surface area contributed by atoms with Gasteiger partial charge in [-0.2, -0.15) is 0 Å². The molecule has 1 N–H and O–H groups in total. The van der Waals surface area contributed by atoms with Crippen molar-refractivity contribution in [1.29, 1.82) is 0 Å². The lowest BCUT2D eigenvalue weighted by Crippen LogP contribution is -2.31. The van der Waals surface area contributed by atoms with E-state index in [4.69, 9.17) is 0 Å². The van der Waals surface area contributed by atoms with Crippen LogP contribution in [0.5, 0.6) is 0 Å². The summed E-state index contributed by atoms with van der Waals surface area (Å²) >= 11 is 0. The van der Waals surface area contributed by atoms with Crippen LogP contribution in [0.2, 0.25) is 0 Å². The molecule has 0 aromatic carbocycles. The van der Waals surface area contributed by atoms with Crippen molar-refractivity contribution in [2.45, 2.75) is 40.3 Å². The SMILES string of the molecule is CC.CCNC(=O)C(F)CC. The molecule has 0 radical (unpaired) electrons. The summed E-state index contributed by atoms with van der Waals surface area (Å²) in [6.45, 7) is 7.90. The number of hydrogen-bond donors (Lipinski definition) is 1. The van der Waals surface area contributed by atoms with E-state index in [9.17, 15) is 9.18 Å². The second-order valence-electron chi connectivity index (χ2n) is 1.77. The van der Waals surface area contributed by atoms with Gasteiger partial charge >= 0.3 is 0 Å². The lowest BCUT2D eigenvalue weighted by atomic mass is 10.3. The standard InChI is InChI=1S/C6H12FNO.C2H6/c1-3-5(7)6(9)8-4-2;1-2/h5H,3-4H2,1-2H3,(H,8,9);1-2H3. The first-order valence-corrected chi connectivity index (χ1v) is 4.14. The quantitative estimate of drug-likeness (QED) is 0.676. The van der Waals surface area contributed by atoms with Gasteiger partial charge in [-0.15, -0.1) is 0 Å². The van der Waals surface area contributed by atoms with Gasteiger partial charge in [-0.1, -0.05) is 20.8 Å². The van der Waals surface area contributed by atoms with Gasteiger partial charge in [-0.25, -0.2) is 4.39 Å². The van der Waals surface area contributed by atoms with Crippen LogP contribution in [0.4, 0.5) is 4.39 Å². The van der Waals surface area contributed by atoms with Crippen LogP contribution in [-0.4, -0.2) is 18.6 Å². The van der Waals surface area contributed by atoms with Gasteiger partial charge in [0.2, 0.25) is 0 Å². The summed E-state index contributed by atoms with van der Waals surface area (Å²) in [5.74, 6) is -0.500. The molecule has 0 saturated heterocycles. The van der Waals surface area contributed by atoms with E-state index in [1.165, 1.54) is 0 Å². The van der Waals surface area contributed by atoms with E-state index in [-0.39, 0.29) is 6.42 Å². The summed E-state index contributed by atoms with van der Waals surface area (Å²) < 4.78 is 12.3. The lowest BCUT2D eigenvalue weighted by Gasteiger charge is -2.03. The lowest BCUT2D eigenvalue weighted by molar-refractivity contribution is -0.125. The average molecular weight is 163 g/mol. The van der Waals surface area contributed by atoms with Gasteiger partial charge < -0.3 is 5.32 Å². The summed E-state index contributed by atoms with van der Waals surface area (Å²) in [5.41, 5.74) is 0. The predicted molar refractivity (Wildman–Crippen MR) is 45.2 cm³/mol. The topological polar surface area (TPSA) is 29.1 Å². The highest BCUT2D eigenvalue weighted by atomic mass is 19.1. The minimum atomic E-state index is -1.33. The number of carbonyl (C=O) groups is 1. The summed E-state index contributed by atoms with van der Waals surface area (Å²) in [6, 6.07) is 0. The van der Waals surface area contributed by atoms with E-state index in [1.54, 1.807) is 13.8 Å². The molecule has 68 valence electrons. The third kappa shape index (κ3) is 7.30. The molecule has 2 nitrogen and oxygen atoms in total. The molecular formula is C8H18FNO. The third-order valence-electron chi connectivity index (χ3n) is 0.994. The summed E-state index contributed by atoms with van der Waals surface area (Å²) in [7, 11) is 0. The molecular weight excluding hydrogens is 145 g/mol. The number of halogens is 1. The highest BCUT2D eigenvalue weighted by Crippen LogP contribution is 1.94. The molecule has 1 atom stereocenters. The van der Waals surface area contributed by atoms with Crippen molar-refractivity contribution in [2.24, 2.45) is 0 Å². The molecule has 0 aromatic rings. The highest BCUT2D eigenvalue weighted by molar-refractivity contribution is 5.80. The summed E-state index contributed by atoms with van der Waals surface area (Å²) in [6.07, 6.45) is -1.07. The second-order valence-corrected chi connectivity index (χ2v) is 1.77. The normalized spacial score (nSPS) is 11.0. The zero-order valence-electron chi connectivity index (χ0n) is 7.78. The van der Waals surface area contributed by atoms with Crippen molar-refractivity contribution in [3.8, 4) is 0 Å². The number of alkyl halides is 1. The van der Waals surface area contributed by atoms with Gasteiger partial charge in [-0.05, 0) is 13.3 Å². The van der Waals surface area contributed by atoms with Crippen molar-refractivity contribution in [2.75, 3.05) is 6.54 Å². The van der Waals surface area contributed by atoms with Crippen molar-refractivity contribution in [3.63, 3.8) is 0 Å². The Morgan fingerprint density at radius 2 is 1.91 bits per heavy atom. The Morgan fingerprint density at radius 3 is 2.18 bits per heavy atom. The molecule has 0 fully saturated rings. The second kappa shape index (κ2) is 9.40. The maximum Gasteiger partial charge on any atom is 0.254 e. The van der Waals surface area contributed by atoms with E-state index in [0.29, 0.717) is 6.54 Å². The molecule has 0 aromatic heterocycles. The smallest absolute Gasteiger partial charge is 0.254 e. The number of nitrogens with one attached hydrogen (secondary N) is 1. The van der Waals surface area contributed by atoms with Crippen molar-refractivity contribution in [3.05, 3.63) is 0 Å². The highest BCUT2D eigenvalue weighted by Gasteiger charge is 2.11. The Morgan fingerprint density at radius 1 is 1.45 bits per heavy atom. The Kier molecular flexibility index (Phi) is 11.1. The third-order valence-corrected chi connectivity index (χ3v) is 0.994. The first-order valence-electron chi connectivity index (χ1n) is 4.14. The number of rotatable bonds is 3. The van der Waals surface area contributed by atoms with E-state index in [0.717, 1.165) is 0 Å². The largest absolute Gasteiger partial charge is 0.354 e. The Labute approximate surface area is 68.2 Å². The van der Waals surface area contributed by atoms with Crippen LogP contribution in [0, 0.1) is 0 Å². The van der Waals surface area contributed by atoms with Crippen LogP contribution in [0.15, 0.2) is 0 Å². The van der Waals surface area contributed by atoms with E-state index in [1.807, 2.05) is 13.8 Å². The first-order chi connectivity index (χ1) is 5.22. The molecule has 0 spiro atoms. The van der Waals surface area contributed by atoms with Crippen LogP contribution in [0.3, 0.4) is 0 Å². The van der Waals surface area contributed by atoms with Gasteiger partial charge in [0.05, 0.1) is 0 Å². The number of amides is 1. The van der Waals surface area contributed by atoms with Crippen LogP contribution < -0.4 is 5.32 Å². The molecule has 0 saturated carbocycles. The average Bonchev–Trinajstić information content (AvgIpc) is 2.07. The van der Waals surface area contributed by atoms with Gasteiger partial charge in [0.25, 0.3) is 5.91 Å². The van der Waals surface area contributed by atoms with Crippen LogP contribution >= 0.6 is 0 Å². The van der Waals surface area contributed by atoms with E-state index < -0.39 is 12.1 Å². The Bertz CT molecular complexity index is 96.1. The maximum atomic E-state index is 12.3. The van der Waals surface area contributed by atoms with Gasteiger partial charge in [0, 0.05) is 6.54 Å². The fourth-order valence-electron chi connectivity index (χ4n) is 0.470. The monoisotopic (exact) mass is 163 g/mol. The predicted octanol–water partition coefficient (Wildman–Crippen LogP) is 1.90. The molecule has 0 aliphatic carbocycles. The summed E-state index contributed by atoms with van der Waals surface area (Å²) in [5, 5.41) is 2.38. The molecule has 0 bridgehead atoms. The number of hydrogen-bond acceptors (Lipinski definition) is 1. The number of carbonyl (C=O) groups excluding carboxylic acids is 1. The van der Waals surface area contributed by atoms with Crippen LogP contribution in [0.25, 0.3) is 0 Å². The molecule has 0 heterocycles. The van der Waals surface area contributed by atoms with Gasteiger partial charge in [-0.3, -0.25) is 4.79 Å². The molecule has 3 heteroatoms. The molecule has 0 rings (SSSR count).